The average molecular weight is 500 g/mol. The lowest BCUT2D eigenvalue weighted by molar-refractivity contribution is -0.132. The fourth-order valence-electron chi connectivity index (χ4n) is 4.53. The van der Waals surface area contributed by atoms with Gasteiger partial charge in [-0.05, 0) is 42.0 Å². The lowest BCUT2D eigenvalue weighted by Crippen LogP contribution is -2.29. The van der Waals surface area contributed by atoms with Crippen molar-refractivity contribution in [3.63, 3.8) is 0 Å². The van der Waals surface area contributed by atoms with Crippen LogP contribution in [-0.2, 0) is 9.59 Å². The number of halogens is 1. The van der Waals surface area contributed by atoms with Crippen LogP contribution in [0, 0.1) is 5.82 Å². The number of carbonyl (C=O) groups excluding carboxylic acids is 2. The van der Waals surface area contributed by atoms with E-state index < -0.39 is 23.5 Å². The first-order chi connectivity index (χ1) is 17.5. The number of carbonyl (C=O) groups is 2. The predicted molar refractivity (Wildman–Crippen MR) is 136 cm³/mol. The third-order valence-corrected chi connectivity index (χ3v) is 7.28. The molecule has 36 heavy (non-hydrogen) atoms. The first kappa shape index (κ1) is 22.0. The summed E-state index contributed by atoms with van der Waals surface area (Å²) in [5, 5.41) is 12.4. The normalized spacial score (nSPS) is 17.4. The molecule has 5 aromatic rings. The number of nitrogens with zero attached hydrogens (tertiary/aromatic N) is 2. The van der Waals surface area contributed by atoms with Gasteiger partial charge in [0.1, 0.15) is 17.3 Å². The van der Waals surface area contributed by atoms with Gasteiger partial charge >= 0.3 is 5.91 Å². The van der Waals surface area contributed by atoms with Crippen LogP contribution < -0.4 is 9.64 Å². The molecule has 1 amide bonds. The van der Waals surface area contributed by atoms with Gasteiger partial charge in [0.2, 0.25) is 0 Å². The largest absolute Gasteiger partial charge is 0.507 e. The molecule has 3 aromatic carbocycles. The van der Waals surface area contributed by atoms with E-state index in [1.807, 2.05) is 24.3 Å². The summed E-state index contributed by atoms with van der Waals surface area (Å²) in [6, 6.07) is 17.5. The van der Waals surface area contributed by atoms with Gasteiger partial charge in [0.15, 0.2) is 5.13 Å². The second-order valence-electron chi connectivity index (χ2n) is 8.30. The predicted octanol–water partition coefficient (Wildman–Crippen LogP) is 5.55. The number of H-pyrrole nitrogens is 1. The molecule has 6 rings (SSSR count). The van der Waals surface area contributed by atoms with E-state index in [4.69, 9.17) is 4.74 Å². The number of anilines is 1. The number of rotatable bonds is 4. The van der Waals surface area contributed by atoms with E-state index in [0.717, 1.165) is 16.9 Å². The highest BCUT2D eigenvalue weighted by molar-refractivity contribution is 7.22. The Morgan fingerprint density at radius 3 is 2.67 bits per heavy atom. The van der Waals surface area contributed by atoms with E-state index in [-0.39, 0.29) is 16.5 Å². The molecular weight excluding hydrogens is 481 g/mol. The van der Waals surface area contributed by atoms with Gasteiger partial charge in [-0.2, -0.15) is 0 Å². The number of aromatic amines is 1. The van der Waals surface area contributed by atoms with Gasteiger partial charge in [0, 0.05) is 22.7 Å². The Morgan fingerprint density at radius 2 is 1.89 bits per heavy atom. The Kier molecular flexibility index (Phi) is 5.08. The molecule has 3 heterocycles. The molecule has 178 valence electrons. The van der Waals surface area contributed by atoms with E-state index in [0.29, 0.717) is 32.5 Å². The third kappa shape index (κ3) is 3.36. The highest BCUT2D eigenvalue weighted by Crippen LogP contribution is 2.45. The number of ether oxygens (including phenoxy) is 1. The van der Waals surface area contributed by atoms with Crippen molar-refractivity contribution in [3.05, 3.63) is 95.4 Å². The Hall–Kier alpha value is -4.50. The number of thiazole rings is 1. The molecule has 0 bridgehead atoms. The Bertz CT molecular complexity index is 1700. The highest BCUT2D eigenvalue weighted by Gasteiger charge is 2.48. The summed E-state index contributed by atoms with van der Waals surface area (Å²) in [4.78, 5) is 35.7. The fourth-order valence-corrected chi connectivity index (χ4v) is 5.55. The van der Waals surface area contributed by atoms with Crippen LogP contribution in [0.4, 0.5) is 9.52 Å². The van der Waals surface area contributed by atoms with Crippen molar-refractivity contribution in [3.8, 4) is 5.75 Å². The number of aliphatic hydroxyl groups excluding tert-OH is 1. The fraction of sp³-hybridized carbons (Fsp3) is 0.0741. The van der Waals surface area contributed by atoms with Crippen molar-refractivity contribution >= 4 is 55.0 Å². The van der Waals surface area contributed by atoms with Crippen LogP contribution in [0.1, 0.15) is 17.2 Å². The third-order valence-electron chi connectivity index (χ3n) is 6.27. The van der Waals surface area contributed by atoms with Crippen molar-refractivity contribution < 1.29 is 23.8 Å². The molecular formula is C27H18FN3O4S. The van der Waals surface area contributed by atoms with Crippen molar-refractivity contribution in [1.29, 1.82) is 0 Å². The minimum absolute atomic E-state index is 0.0552. The molecule has 9 heteroatoms. The quantitative estimate of drug-likeness (QED) is 0.192. The molecule has 1 saturated heterocycles. The Labute approximate surface area is 208 Å². The van der Waals surface area contributed by atoms with Gasteiger partial charge in [-0.3, -0.25) is 14.5 Å². The summed E-state index contributed by atoms with van der Waals surface area (Å²) in [7, 11) is 1.54. The molecule has 1 unspecified atom stereocenters. The molecule has 1 atom stereocenters. The SMILES string of the molecule is COc1ccc(C2/C(=C(\O)c3c[nH]c4ccccc34)C(=O)C(=O)N2c2nc3ccc(F)cc3s2)cc1. The van der Waals surface area contributed by atoms with Crippen LogP contribution >= 0.6 is 11.3 Å². The van der Waals surface area contributed by atoms with Gasteiger partial charge in [0.25, 0.3) is 5.78 Å². The van der Waals surface area contributed by atoms with Crippen molar-refractivity contribution in [1.82, 2.24) is 9.97 Å². The van der Waals surface area contributed by atoms with Crippen LogP contribution in [0.15, 0.2) is 78.5 Å². The van der Waals surface area contributed by atoms with E-state index in [2.05, 4.69) is 9.97 Å². The van der Waals surface area contributed by atoms with E-state index in [1.54, 1.807) is 37.6 Å². The van der Waals surface area contributed by atoms with Gasteiger partial charge in [0.05, 0.1) is 28.9 Å². The zero-order chi connectivity index (χ0) is 25.0. The first-order valence-corrected chi connectivity index (χ1v) is 11.9. The second kappa shape index (κ2) is 8.31. The van der Waals surface area contributed by atoms with Gasteiger partial charge in [-0.25, -0.2) is 9.37 Å². The number of para-hydroxylation sites is 1. The maximum atomic E-state index is 13.8. The maximum Gasteiger partial charge on any atom is 0.301 e. The first-order valence-electron chi connectivity index (χ1n) is 11.0. The molecule has 1 fully saturated rings. The number of benzene rings is 3. The van der Waals surface area contributed by atoms with Crippen molar-refractivity contribution in [2.45, 2.75) is 6.04 Å². The molecule has 0 spiro atoms. The van der Waals surface area contributed by atoms with E-state index >= 15 is 0 Å². The number of hydrogen-bond donors (Lipinski definition) is 2. The summed E-state index contributed by atoms with van der Waals surface area (Å²) < 4.78 is 19.6. The topological polar surface area (TPSA) is 95.5 Å². The summed E-state index contributed by atoms with van der Waals surface area (Å²) in [6.07, 6.45) is 1.61. The lowest BCUT2D eigenvalue weighted by atomic mass is 9.95. The number of fused-ring (bicyclic) bond motifs is 2. The van der Waals surface area contributed by atoms with Gasteiger partial charge < -0.3 is 14.8 Å². The number of hydrogen-bond acceptors (Lipinski definition) is 6. The van der Waals surface area contributed by atoms with Crippen LogP contribution in [0.2, 0.25) is 0 Å². The minimum atomic E-state index is -0.949. The van der Waals surface area contributed by atoms with Gasteiger partial charge in [-0.15, -0.1) is 0 Å². The molecule has 2 aromatic heterocycles. The molecule has 0 saturated carbocycles. The van der Waals surface area contributed by atoms with Crippen LogP contribution in [0.25, 0.3) is 26.9 Å². The maximum absolute atomic E-state index is 13.8. The summed E-state index contributed by atoms with van der Waals surface area (Å²) in [5.74, 6) is -1.77. The van der Waals surface area contributed by atoms with E-state index in [9.17, 15) is 19.1 Å². The zero-order valence-electron chi connectivity index (χ0n) is 18.9. The van der Waals surface area contributed by atoms with Crippen LogP contribution in [0.3, 0.4) is 0 Å². The number of Topliss-reactive ketones (excluding diaryl/α,β-unsaturated/α-hetero) is 1. The number of nitrogens with one attached hydrogen (secondary N) is 1. The standard InChI is InChI=1S/C27H18FN3O4S/c1-35-16-9-6-14(7-10-16)23-22(24(32)18-13-29-19-5-3-2-4-17(18)19)25(33)26(34)31(23)27-30-20-11-8-15(28)12-21(20)36-27/h2-13,23,29,32H,1H3/b24-22+. The molecule has 1 aliphatic heterocycles. The number of aromatic nitrogens is 2. The van der Waals surface area contributed by atoms with Gasteiger partial charge in [-0.1, -0.05) is 41.7 Å². The summed E-state index contributed by atoms with van der Waals surface area (Å²) in [5.41, 5.74) is 2.22. The molecule has 0 aliphatic carbocycles. The zero-order valence-corrected chi connectivity index (χ0v) is 19.7. The van der Waals surface area contributed by atoms with Crippen molar-refractivity contribution in [2.24, 2.45) is 0 Å². The molecule has 2 N–H and O–H groups in total. The van der Waals surface area contributed by atoms with Crippen LogP contribution in [-0.4, -0.2) is 33.9 Å². The number of methoxy groups -OCH3 is 1. The number of ketones is 1. The monoisotopic (exact) mass is 499 g/mol. The minimum Gasteiger partial charge on any atom is -0.507 e. The number of amides is 1. The Morgan fingerprint density at radius 1 is 1.11 bits per heavy atom. The molecule has 1 aliphatic rings. The van der Waals surface area contributed by atoms with Crippen molar-refractivity contribution in [2.75, 3.05) is 12.0 Å². The smallest absolute Gasteiger partial charge is 0.301 e. The summed E-state index contributed by atoms with van der Waals surface area (Å²) >= 11 is 1.10. The molecule has 7 nitrogen and oxygen atoms in total. The highest BCUT2D eigenvalue weighted by atomic mass is 32.1. The second-order valence-corrected chi connectivity index (χ2v) is 9.31. The number of aliphatic hydroxyl groups is 1. The van der Waals surface area contributed by atoms with Crippen LogP contribution in [0.5, 0.6) is 5.75 Å². The van der Waals surface area contributed by atoms with E-state index in [1.165, 1.54) is 23.1 Å². The lowest BCUT2D eigenvalue weighted by Gasteiger charge is -2.23. The average Bonchev–Trinajstić information content (AvgIpc) is 3.58. The molecule has 0 radical (unpaired) electrons. The Balaban J connectivity index is 1.58. The summed E-state index contributed by atoms with van der Waals surface area (Å²) in [6.45, 7) is 0.